The SMILES string of the molecule is CC1CC[C@H](N)[C@@H](N(C)C)C1. The highest BCUT2D eigenvalue weighted by Gasteiger charge is 2.26. The van der Waals surface area contributed by atoms with Crippen molar-refractivity contribution in [3.63, 3.8) is 0 Å². The Hall–Kier alpha value is -0.0800. The quantitative estimate of drug-likeness (QED) is 0.615. The van der Waals surface area contributed by atoms with E-state index < -0.39 is 0 Å². The van der Waals surface area contributed by atoms with Gasteiger partial charge < -0.3 is 10.6 Å². The lowest BCUT2D eigenvalue weighted by molar-refractivity contribution is 0.168. The van der Waals surface area contributed by atoms with Gasteiger partial charge in [-0.2, -0.15) is 0 Å². The van der Waals surface area contributed by atoms with Crippen molar-refractivity contribution in [2.45, 2.75) is 38.3 Å². The Bertz CT molecular complexity index is 123. The first-order chi connectivity index (χ1) is 5.11. The van der Waals surface area contributed by atoms with E-state index in [1.54, 1.807) is 0 Å². The molecule has 3 atom stereocenters. The van der Waals surface area contributed by atoms with Gasteiger partial charge in [-0.25, -0.2) is 0 Å². The van der Waals surface area contributed by atoms with Crippen molar-refractivity contribution in [2.24, 2.45) is 11.7 Å². The average Bonchev–Trinajstić information content (AvgIpc) is 1.94. The van der Waals surface area contributed by atoms with E-state index in [1.807, 2.05) is 0 Å². The first-order valence-corrected chi connectivity index (χ1v) is 4.53. The molecule has 0 amide bonds. The highest BCUT2D eigenvalue weighted by molar-refractivity contribution is 4.85. The summed E-state index contributed by atoms with van der Waals surface area (Å²) in [6, 6.07) is 1.01. The van der Waals surface area contributed by atoms with Crippen molar-refractivity contribution in [1.82, 2.24) is 4.90 Å². The monoisotopic (exact) mass is 156 g/mol. The van der Waals surface area contributed by atoms with Gasteiger partial charge in [0.15, 0.2) is 0 Å². The molecule has 2 nitrogen and oxygen atoms in total. The molecule has 1 saturated carbocycles. The fraction of sp³-hybridized carbons (Fsp3) is 1.00. The number of hydrogen-bond acceptors (Lipinski definition) is 2. The zero-order chi connectivity index (χ0) is 8.43. The first kappa shape index (κ1) is 9.01. The largest absolute Gasteiger partial charge is 0.326 e. The van der Waals surface area contributed by atoms with Gasteiger partial charge in [0.2, 0.25) is 0 Å². The molecule has 0 heterocycles. The maximum absolute atomic E-state index is 6.00. The van der Waals surface area contributed by atoms with Crippen molar-refractivity contribution in [2.75, 3.05) is 14.1 Å². The molecular weight excluding hydrogens is 136 g/mol. The van der Waals surface area contributed by atoms with Crippen molar-refractivity contribution in [1.29, 1.82) is 0 Å². The Morgan fingerprint density at radius 3 is 2.36 bits per heavy atom. The summed E-state index contributed by atoms with van der Waals surface area (Å²) in [5.41, 5.74) is 6.00. The highest BCUT2D eigenvalue weighted by atomic mass is 15.1. The van der Waals surface area contributed by atoms with Crippen LogP contribution in [0.3, 0.4) is 0 Å². The van der Waals surface area contributed by atoms with Crippen LogP contribution in [0.4, 0.5) is 0 Å². The van der Waals surface area contributed by atoms with Gasteiger partial charge in [0.05, 0.1) is 0 Å². The minimum absolute atomic E-state index is 0.404. The number of likely N-dealkylation sites (N-methyl/N-ethyl adjacent to an activating group) is 1. The molecule has 1 rings (SSSR count). The average molecular weight is 156 g/mol. The van der Waals surface area contributed by atoms with Gasteiger partial charge in [-0.3, -0.25) is 0 Å². The number of hydrogen-bond donors (Lipinski definition) is 1. The van der Waals surface area contributed by atoms with Gasteiger partial charge in [0, 0.05) is 12.1 Å². The Kier molecular flexibility index (Phi) is 2.90. The second-order valence-electron chi connectivity index (χ2n) is 4.11. The van der Waals surface area contributed by atoms with Crippen LogP contribution in [-0.4, -0.2) is 31.1 Å². The van der Waals surface area contributed by atoms with E-state index in [0.717, 1.165) is 5.92 Å². The molecule has 2 N–H and O–H groups in total. The molecule has 0 aromatic carbocycles. The minimum atomic E-state index is 0.404. The van der Waals surface area contributed by atoms with Crippen LogP contribution in [0, 0.1) is 5.92 Å². The number of nitrogens with zero attached hydrogens (tertiary/aromatic N) is 1. The number of rotatable bonds is 1. The summed E-state index contributed by atoms with van der Waals surface area (Å²) in [7, 11) is 4.26. The molecule has 1 aliphatic rings. The van der Waals surface area contributed by atoms with Crippen LogP contribution in [0.15, 0.2) is 0 Å². The summed E-state index contributed by atoms with van der Waals surface area (Å²) >= 11 is 0. The fourth-order valence-electron chi connectivity index (χ4n) is 1.97. The maximum Gasteiger partial charge on any atom is 0.0243 e. The smallest absolute Gasteiger partial charge is 0.0243 e. The molecular formula is C9H20N2. The van der Waals surface area contributed by atoms with Crippen LogP contribution >= 0.6 is 0 Å². The summed E-state index contributed by atoms with van der Waals surface area (Å²) in [6.07, 6.45) is 3.78. The van der Waals surface area contributed by atoms with Crippen LogP contribution in [0.25, 0.3) is 0 Å². The van der Waals surface area contributed by atoms with E-state index in [4.69, 9.17) is 5.73 Å². The van der Waals surface area contributed by atoms with E-state index in [2.05, 4.69) is 25.9 Å². The highest BCUT2D eigenvalue weighted by Crippen LogP contribution is 2.25. The van der Waals surface area contributed by atoms with Crippen LogP contribution in [0.1, 0.15) is 26.2 Å². The first-order valence-electron chi connectivity index (χ1n) is 4.53. The topological polar surface area (TPSA) is 29.3 Å². The fourth-order valence-corrected chi connectivity index (χ4v) is 1.97. The van der Waals surface area contributed by atoms with Crippen LogP contribution in [0.2, 0.25) is 0 Å². The van der Waals surface area contributed by atoms with Crippen molar-refractivity contribution in [3.05, 3.63) is 0 Å². The molecule has 0 aromatic heterocycles. The van der Waals surface area contributed by atoms with Gasteiger partial charge in [0.1, 0.15) is 0 Å². The van der Waals surface area contributed by atoms with E-state index in [1.165, 1.54) is 19.3 Å². The Morgan fingerprint density at radius 2 is 1.91 bits per heavy atom. The minimum Gasteiger partial charge on any atom is -0.326 e. The van der Waals surface area contributed by atoms with E-state index in [0.29, 0.717) is 12.1 Å². The normalized spacial score (nSPS) is 39.5. The summed E-state index contributed by atoms with van der Waals surface area (Å²) in [4.78, 5) is 2.26. The molecule has 1 aliphatic carbocycles. The van der Waals surface area contributed by atoms with Crippen molar-refractivity contribution >= 4 is 0 Å². The van der Waals surface area contributed by atoms with Crippen LogP contribution in [0.5, 0.6) is 0 Å². The standard InChI is InChI=1S/C9H20N2/c1-7-4-5-8(10)9(6-7)11(2)3/h7-9H,4-6,10H2,1-3H3/t7?,8-,9-/m0/s1. The lowest BCUT2D eigenvalue weighted by Gasteiger charge is -2.36. The van der Waals surface area contributed by atoms with Gasteiger partial charge in [-0.05, 0) is 39.3 Å². The van der Waals surface area contributed by atoms with Gasteiger partial charge in [-0.1, -0.05) is 6.92 Å². The molecule has 1 unspecified atom stereocenters. The van der Waals surface area contributed by atoms with Crippen LogP contribution in [-0.2, 0) is 0 Å². The third-order valence-corrected chi connectivity index (χ3v) is 2.79. The summed E-state index contributed by atoms with van der Waals surface area (Å²) in [5.74, 6) is 0.863. The third-order valence-electron chi connectivity index (χ3n) is 2.79. The summed E-state index contributed by atoms with van der Waals surface area (Å²) in [5, 5.41) is 0. The maximum atomic E-state index is 6.00. The molecule has 0 aliphatic heterocycles. The molecule has 0 spiro atoms. The predicted octanol–water partition coefficient (Wildman–Crippen LogP) is 1.06. The molecule has 0 bridgehead atoms. The van der Waals surface area contributed by atoms with Crippen molar-refractivity contribution < 1.29 is 0 Å². The van der Waals surface area contributed by atoms with Gasteiger partial charge in [0.25, 0.3) is 0 Å². The molecule has 2 heteroatoms. The molecule has 0 aromatic rings. The summed E-state index contributed by atoms with van der Waals surface area (Å²) in [6.45, 7) is 2.32. The predicted molar refractivity (Wildman–Crippen MR) is 48.5 cm³/mol. The molecule has 11 heavy (non-hydrogen) atoms. The number of nitrogens with two attached hydrogens (primary N) is 1. The van der Waals surface area contributed by atoms with Crippen molar-refractivity contribution in [3.8, 4) is 0 Å². The van der Waals surface area contributed by atoms with Crippen LogP contribution < -0.4 is 5.73 Å². The molecule has 0 saturated heterocycles. The Morgan fingerprint density at radius 1 is 1.27 bits per heavy atom. The lowest BCUT2D eigenvalue weighted by Crippen LogP contribution is -2.47. The van der Waals surface area contributed by atoms with E-state index in [-0.39, 0.29) is 0 Å². The van der Waals surface area contributed by atoms with Gasteiger partial charge in [-0.15, -0.1) is 0 Å². The van der Waals surface area contributed by atoms with E-state index in [9.17, 15) is 0 Å². The zero-order valence-corrected chi connectivity index (χ0v) is 7.88. The molecule has 1 fully saturated rings. The zero-order valence-electron chi connectivity index (χ0n) is 7.88. The lowest BCUT2D eigenvalue weighted by atomic mass is 9.83. The van der Waals surface area contributed by atoms with Gasteiger partial charge >= 0.3 is 0 Å². The van der Waals surface area contributed by atoms with E-state index >= 15 is 0 Å². The second-order valence-corrected chi connectivity index (χ2v) is 4.11. The molecule has 66 valence electrons. The molecule has 0 radical (unpaired) electrons. The second kappa shape index (κ2) is 3.55. The Balaban J connectivity index is 2.47. The Labute approximate surface area is 69.8 Å². The third kappa shape index (κ3) is 2.17. The summed E-state index contributed by atoms with van der Waals surface area (Å²) < 4.78 is 0.